The second-order valence-electron chi connectivity index (χ2n) is 7.79. The van der Waals surface area contributed by atoms with Crippen LogP contribution in [0.1, 0.15) is 47.8 Å². The molecule has 31 heavy (non-hydrogen) atoms. The molecular weight excluding hydrogens is 392 g/mol. The van der Waals surface area contributed by atoms with Crippen molar-refractivity contribution >= 4 is 16.9 Å². The van der Waals surface area contributed by atoms with Gasteiger partial charge in [-0.05, 0) is 43.2 Å². The van der Waals surface area contributed by atoms with E-state index in [0.29, 0.717) is 17.0 Å². The molecule has 5 rings (SSSR count). The van der Waals surface area contributed by atoms with Crippen molar-refractivity contribution in [2.45, 2.75) is 38.3 Å². The van der Waals surface area contributed by atoms with Crippen molar-refractivity contribution in [3.05, 3.63) is 82.5 Å². The molecule has 1 aliphatic rings. The standard InChI is InChI=1S/C24H22N4O3/c29-23(19-13-16-7-1-4-11-22(16)31-24(19)30)26-15-17-14-21(20-10-5-6-12-25-20)28(27-17)18-8-2-3-9-18/h1,4-7,10-14,18H,2-3,8-9,15H2,(H,26,29). The molecule has 0 unspecified atom stereocenters. The summed E-state index contributed by atoms with van der Waals surface area (Å²) in [6.07, 6.45) is 6.32. The van der Waals surface area contributed by atoms with Gasteiger partial charge in [-0.1, -0.05) is 37.1 Å². The fourth-order valence-corrected chi connectivity index (χ4v) is 4.15. The SMILES string of the molecule is O=C(NCc1cc(-c2ccccn2)n(C2CCCC2)n1)c1cc2ccccc2oc1=O. The Morgan fingerprint density at radius 3 is 2.71 bits per heavy atom. The van der Waals surface area contributed by atoms with Crippen molar-refractivity contribution in [3.8, 4) is 11.4 Å². The van der Waals surface area contributed by atoms with Gasteiger partial charge in [0.05, 0.1) is 29.7 Å². The first-order valence-electron chi connectivity index (χ1n) is 10.5. The quantitative estimate of drug-likeness (QED) is 0.497. The van der Waals surface area contributed by atoms with Gasteiger partial charge in [0.2, 0.25) is 0 Å². The van der Waals surface area contributed by atoms with Gasteiger partial charge in [0.15, 0.2) is 0 Å². The van der Waals surface area contributed by atoms with E-state index in [-0.39, 0.29) is 12.1 Å². The maximum atomic E-state index is 12.7. The molecule has 1 aliphatic carbocycles. The molecule has 0 bridgehead atoms. The van der Waals surface area contributed by atoms with E-state index in [9.17, 15) is 9.59 Å². The molecule has 1 amide bonds. The van der Waals surface area contributed by atoms with Crippen LogP contribution in [-0.2, 0) is 6.54 Å². The Hall–Kier alpha value is -3.74. The first-order chi connectivity index (χ1) is 15.2. The molecule has 0 aliphatic heterocycles. The van der Waals surface area contributed by atoms with Crippen LogP contribution in [0, 0.1) is 0 Å². The highest BCUT2D eigenvalue weighted by atomic mass is 16.4. The summed E-state index contributed by atoms with van der Waals surface area (Å²) in [6, 6.07) is 16.8. The largest absolute Gasteiger partial charge is 0.422 e. The zero-order valence-corrected chi connectivity index (χ0v) is 17.0. The summed E-state index contributed by atoms with van der Waals surface area (Å²) in [5, 5.41) is 8.28. The van der Waals surface area contributed by atoms with Crippen LogP contribution in [0.2, 0.25) is 0 Å². The van der Waals surface area contributed by atoms with E-state index < -0.39 is 11.5 Å². The van der Waals surface area contributed by atoms with Crippen LogP contribution in [-0.4, -0.2) is 20.7 Å². The van der Waals surface area contributed by atoms with E-state index in [1.165, 1.54) is 12.8 Å². The maximum Gasteiger partial charge on any atom is 0.349 e. The highest BCUT2D eigenvalue weighted by Crippen LogP contribution is 2.33. The summed E-state index contributed by atoms with van der Waals surface area (Å²) in [4.78, 5) is 29.4. The van der Waals surface area contributed by atoms with Gasteiger partial charge >= 0.3 is 5.63 Å². The number of hydrogen-bond donors (Lipinski definition) is 1. The number of nitrogens with one attached hydrogen (secondary N) is 1. The number of rotatable bonds is 5. The minimum absolute atomic E-state index is 0.0149. The third kappa shape index (κ3) is 3.86. The Bertz CT molecular complexity index is 1290. The molecule has 3 aromatic heterocycles. The highest BCUT2D eigenvalue weighted by molar-refractivity contribution is 5.96. The lowest BCUT2D eigenvalue weighted by molar-refractivity contribution is 0.0947. The number of hydrogen-bond acceptors (Lipinski definition) is 5. The van der Waals surface area contributed by atoms with E-state index in [1.54, 1.807) is 30.5 Å². The molecule has 7 nitrogen and oxygen atoms in total. The smallest absolute Gasteiger partial charge is 0.349 e. The van der Waals surface area contributed by atoms with Gasteiger partial charge in [0, 0.05) is 11.6 Å². The van der Waals surface area contributed by atoms with Gasteiger partial charge in [-0.2, -0.15) is 5.10 Å². The van der Waals surface area contributed by atoms with E-state index >= 15 is 0 Å². The number of para-hydroxylation sites is 1. The summed E-state index contributed by atoms with van der Waals surface area (Å²) in [7, 11) is 0. The van der Waals surface area contributed by atoms with Gasteiger partial charge in [0.25, 0.3) is 5.91 Å². The maximum absolute atomic E-state index is 12.7. The zero-order valence-electron chi connectivity index (χ0n) is 17.0. The van der Waals surface area contributed by atoms with E-state index in [1.807, 2.05) is 35.0 Å². The van der Waals surface area contributed by atoms with Crippen molar-refractivity contribution in [3.63, 3.8) is 0 Å². The summed E-state index contributed by atoms with van der Waals surface area (Å²) in [5.41, 5.74) is 2.32. The summed E-state index contributed by atoms with van der Waals surface area (Å²) in [6.45, 7) is 0.213. The molecule has 1 saturated carbocycles. The van der Waals surface area contributed by atoms with Crippen molar-refractivity contribution in [1.82, 2.24) is 20.1 Å². The average molecular weight is 414 g/mol. The molecule has 4 aromatic rings. The molecule has 156 valence electrons. The number of aromatic nitrogens is 3. The third-order valence-electron chi connectivity index (χ3n) is 5.70. The fourth-order valence-electron chi connectivity index (χ4n) is 4.15. The molecule has 1 N–H and O–H groups in total. The van der Waals surface area contributed by atoms with E-state index in [4.69, 9.17) is 9.52 Å². The first-order valence-corrected chi connectivity index (χ1v) is 10.5. The lowest BCUT2D eigenvalue weighted by Gasteiger charge is -2.13. The molecule has 3 heterocycles. The number of carbonyl (C=O) groups is 1. The second-order valence-corrected chi connectivity index (χ2v) is 7.79. The monoisotopic (exact) mass is 414 g/mol. The molecular formula is C24H22N4O3. The number of pyridine rings is 1. The van der Waals surface area contributed by atoms with Crippen molar-refractivity contribution < 1.29 is 9.21 Å². The van der Waals surface area contributed by atoms with Gasteiger partial charge in [-0.25, -0.2) is 4.79 Å². The normalized spacial score (nSPS) is 14.2. The van der Waals surface area contributed by atoms with Crippen LogP contribution in [0.3, 0.4) is 0 Å². The van der Waals surface area contributed by atoms with Crippen molar-refractivity contribution in [2.75, 3.05) is 0 Å². The van der Waals surface area contributed by atoms with Crippen LogP contribution in [0.5, 0.6) is 0 Å². The Morgan fingerprint density at radius 1 is 1.10 bits per heavy atom. The number of fused-ring (bicyclic) bond motifs is 1. The number of benzene rings is 1. The fraction of sp³-hybridized carbons (Fsp3) is 0.250. The van der Waals surface area contributed by atoms with Crippen molar-refractivity contribution in [2.24, 2.45) is 0 Å². The van der Waals surface area contributed by atoms with E-state index in [0.717, 1.165) is 29.9 Å². The van der Waals surface area contributed by atoms with Gasteiger partial charge < -0.3 is 9.73 Å². The van der Waals surface area contributed by atoms with E-state index in [2.05, 4.69) is 10.3 Å². The Morgan fingerprint density at radius 2 is 1.90 bits per heavy atom. The Labute approximate surface area is 178 Å². The van der Waals surface area contributed by atoms with Crippen molar-refractivity contribution in [1.29, 1.82) is 0 Å². The van der Waals surface area contributed by atoms with Gasteiger partial charge in [0.1, 0.15) is 11.1 Å². The molecule has 0 radical (unpaired) electrons. The first kappa shape index (κ1) is 19.2. The minimum Gasteiger partial charge on any atom is -0.422 e. The predicted octanol–water partition coefficient (Wildman–Crippen LogP) is 4.10. The van der Waals surface area contributed by atoms with Crippen LogP contribution < -0.4 is 10.9 Å². The number of amides is 1. The summed E-state index contributed by atoms with van der Waals surface area (Å²) < 4.78 is 7.31. The number of carbonyl (C=O) groups excluding carboxylic acids is 1. The summed E-state index contributed by atoms with van der Waals surface area (Å²) in [5.74, 6) is -0.477. The van der Waals surface area contributed by atoms with Gasteiger partial charge in [-0.15, -0.1) is 0 Å². The zero-order chi connectivity index (χ0) is 21.2. The van der Waals surface area contributed by atoms with Gasteiger partial charge in [-0.3, -0.25) is 14.5 Å². The molecule has 1 aromatic carbocycles. The molecule has 0 spiro atoms. The predicted molar refractivity (Wildman–Crippen MR) is 117 cm³/mol. The number of nitrogens with zero attached hydrogens (tertiary/aromatic N) is 3. The minimum atomic E-state index is -0.651. The Kier molecular flexibility index (Phi) is 5.08. The Balaban J connectivity index is 1.40. The molecule has 0 atom stereocenters. The average Bonchev–Trinajstić information content (AvgIpc) is 3.47. The van der Waals surface area contributed by atoms with Crippen LogP contribution in [0.25, 0.3) is 22.4 Å². The summed E-state index contributed by atoms with van der Waals surface area (Å²) >= 11 is 0. The lowest BCUT2D eigenvalue weighted by Crippen LogP contribution is -2.28. The van der Waals surface area contributed by atoms with Crippen LogP contribution >= 0.6 is 0 Å². The molecule has 0 saturated heterocycles. The van der Waals surface area contributed by atoms with Crippen LogP contribution in [0.15, 0.2) is 70.0 Å². The highest BCUT2D eigenvalue weighted by Gasteiger charge is 2.23. The molecule has 1 fully saturated rings. The third-order valence-corrected chi connectivity index (χ3v) is 5.70. The molecule has 7 heteroatoms. The lowest BCUT2D eigenvalue weighted by atomic mass is 10.2. The topological polar surface area (TPSA) is 90.0 Å². The second kappa shape index (κ2) is 8.18. The van der Waals surface area contributed by atoms with Crippen LogP contribution in [0.4, 0.5) is 0 Å².